The molecule has 1 aromatic rings. The van der Waals surface area contributed by atoms with E-state index in [-0.39, 0.29) is 10.6 Å². The largest absolute Gasteiger partial charge is 0.352 e. The lowest BCUT2D eigenvalue weighted by Crippen LogP contribution is -2.43. The second kappa shape index (κ2) is 4.41. The van der Waals surface area contributed by atoms with Crippen molar-refractivity contribution in [2.45, 2.75) is 18.6 Å². The minimum Gasteiger partial charge on any atom is -0.352 e. The van der Waals surface area contributed by atoms with Crippen molar-refractivity contribution < 1.29 is 4.39 Å². The third kappa shape index (κ3) is 2.61. The first-order valence-electron chi connectivity index (χ1n) is 5.18. The highest BCUT2D eigenvalue weighted by atomic mass is 35.5. The summed E-state index contributed by atoms with van der Waals surface area (Å²) in [6.45, 7) is 5.97. The minimum absolute atomic E-state index is 0.145. The molecule has 1 aliphatic rings. The molecule has 0 aliphatic carbocycles. The number of hydrogen-bond acceptors (Lipinski definition) is 3. The van der Waals surface area contributed by atoms with E-state index in [9.17, 15) is 4.39 Å². The van der Waals surface area contributed by atoms with Crippen LogP contribution in [-0.2, 0) is 0 Å². The summed E-state index contributed by atoms with van der Waals surface area (Å²) in [5.41, 5.74) is 0. The maximum atomic E-state index is 13.7. The summed E-state index contributed by atoms with van der Waals surface area (Å²) in [7, 11) is 0. The van der Waals surface area contributed by atoms with Crippen LogP contribution in [0.5, 0.6) is 0 Å². The summed E-state index contributed by atoms with van der Waals surface area (Å²) in [5.74, 6) is 1.07. The van der Waals surface area contributed by atoms with Gasteiger partial charge in [-0.15, -0.1) is 0 Å². The van der Waals surface area contributed by atoms with Crippen LogP contribution in [0.4, 0.5) is 10.2 Å². The molecule has 0 saturated carbocycles. The molecule has 0 amide bonds. The van der Waals surface area contributed by atoms with Crippen LogP contribution < -0.4 is 4.90 Å². The number of hydrogen-bond donors (Lipinski definition) is 0. The van der Waals surface area contributed by atoms with Crippen molar-refractivity contribution in [3.05, 3.63) is 23.1 Å². The van der Waals surface area contributed by atoms with Gasteiger partial charge in [-0.25, -0.2) is 9.37 Å². The number of thioether (sulfide) groups is 1. The predicted octanol–water partition coefficient (Wildman–Crippen LogP) is 3.21. The molecule has 0 radical (unpaired) electrons. The van der Waals surface area contributed by atoms with Crippen LogP contribution >= 0.6 is 23.4 Å². The van der Waals surface area contributed by atoms with Gasteiger partial charge in [-0.2, -0.15) is 11.8 Å². The lowest BCUT2D eigenvalue weighted by Gasteiger charge is -2.38. The Morgan fingerprint density at radius 1 is 1.56 bits per heavy atom. The summed E-state index contributed by atoms with van der Waals surface area (Å²) in [6, 6.07) is 1.32. The molecule has 5 heteroatoms. The first-order valence-corrected chi connectivity index (χ1v) is 6.54. The molecule has 0 N–H and O–H groups in total. The Labute approximate surface area is 104 Å². The van der Waals surface area contributed by atoms with Gasteiger partial charge >= 0.3 is 0 Å². The number of nitrogens with zero attached hydrogens (tertiary/aromatic N) is 2. The zero-order valence-electron chi connectivity index (χ0n) is 9.33. The average Bonchev–Trinajstić information content (AvgIpc) is 2.15. The van der Waals surface area contributed by atoms with Crippen LogP contribution in [0.3, 0.4) is 0 Å². The number of pyridine rings is 1. The Hall–Kier alpha value is -0.480. The number of rotatable bonds is 1. The van der Waals surface area contributed by atoms with Gasteiger partial charge in [0, 0.05) is 29.8 Å². The summed E-state index contributed by atoms with van der Waals surface area (Å²) in [4.78, 5) is 6.07. The molecule has 1 aromatic heterocycles. The molecular weight excluding hydrogens is 247 g/mol. The van der Waals surface area contributed by atoms with E-state index < -0.39 is 0 Å². The fraction of sp³-hybridized carbons (Fsp3) is 0.545. The zero-order chi connectivity index (χ0) is 11.8. The molecule has 0 spiro atoms. The zero-order valence-corrected chi connectivity index (χ0v) is 10.9. The summed E-state index contributed by atoms with van der Waals surface area (Å²) in [5, 5.41) is 0.340. The summed E-state index contributed by atoms with van der Waals surface area (Å²) < 4.78 is 13.8. The predicted molar refractivity (Wildman–Crippen MR) is 68.0 cm³/mol. The molecule has 16 heavy (non-hydrogen) atoms. The first kappa shape index (κ1) is 12.0. The SMILES string of the molecule is CC1(C)CN(c2ncc(Cl)cc2F)CCS1. The van der Waals surface area contributed by atoms with Gasteiger partial charge in [0.25, 0.3) is 0 Å². The maximum absolute atomic E-state index is 13.7. The number of anilines is 1. The van der Waals surface area contributed by atoms with Crippen LogP contribution in [0.2, 0.25) is 5.02 Å². The van der Waals surface area contributed by atoms with Crippen LogP contribution in [0.25, 0.3) is 0 Å². The van der Waals surface area contributed by atoms with E-state index in [0.717, 1.165) is 18.8 Å². The molecule has 2 heterocycles. The van der Waals surface area contributed by atoms with Crippen molar-refractivity contribution in [2.75, 3.05) is 23.7 Å². The fourth-order valence-corrected chi connectivity index (χ4v) is 3.09. The minimum atomic E-state index is -0.338. The molecule has 1 aliphatic heterocycles. The Balaban J connectivity index is 2.23. The monoisotopic (exact) mass is 260 g/mol. The Morgan fingerprint density at radius 3 is 2.94 bits per heavy atom. The van der Waals surface area contributed by atoms with Gasteiger partial charge in [-0.1, -0.05) is 11.6 Å². The molecule has 2 nitrogen and oxygen atoms in total. The summed E-state index contributed by atoms with van der Waals surface area (Å²) in [6.07, 6.45) is 1.49. The second-order valence-corrected chi connectivity index (χ2v) is 6.73. The van der Waals surface area contributed by atoms with Gasteiger partial charge < -0.3 is 4.90 Å². The van der Waals surface area contributed by atoms with Crippen molar-refractivity contribution in [3.8, 4) is 0 Å². The molecule has 0 atom stereocenters. The normalized spacial score (nSPS) is 19.9. The van der Waals surface area contributed by atoms with E-state index in [4.69, 9.17) is 11.6 Å². The molecular formula is C11H14ClFN2S. The van der Waals surface area contributed by atoms with Crippen molar-refractivity contribution in [1.29, 1.82) is 0 Å². The van der Waals surface area contributed by atoms with E-state index in [1.54, 1.807) is 0 Å². The smallest absolute Gasteiger partial charge is 0.167 e. The maximum Gasteiger partial charge on any atom is 0.167 e. The van der Waals surface area contributed by atoms with E-state index in [2.05, 4.69) is 18.8 Å². The lowest BCUT2D eigenvalue weighted by atomic mass is 10.2. The van der Waals surface area contributed by atoms with Crippen LogP contribution in [0, 0.1) is 5.82 Å². The van der Waals surface area contributed by atoms with E-state index in [1.807, 2.05) is 16.7 Å². The topological polar surface area (TPSA) is 16.1 Å². The molecule has 0 bridgehead atoms. The van der Waals surface area contributed by atoms with Gasteiger partial charge in [-0.05, 0) is 19.9 Å². The number of aromatic nitrogens is 1. The lowest BCUT2D eigenvalue weighted by molar-refractivity contribution is 0.588. The van der Waals surface area contributed by atoms with Crippen LogP contribution in [-0.4, -0.2) is 28.6 Å². The average molecular weight is 261 g/mol. The van der Waals surface area contributed by atoms with Crippen molar-refractivity contribution in [2.24, 2.45) is 0 Å². The second-order valence-electron chi connectivity index (χ2n) is 4.49. The fourth-order valence-electron chi connectivity index (χ4n) is 1.84. The van der Waals surface area contributed by atoms with Gasteiger partial charge in [0.05, 0.1) is 5.02 Å². The van der Waals surface area contributed by atoms with Crippen LogP contribution in [0.1, 0.15) is 13.8 Å². The van der Waals surface area contributed by atoms with Gasteiger partial charge in [-0.3, -0.25) is 0 Å². The summed E-state index contributed by atoms with van der Waals surface area (Å²) >= 11 is 7.60. The molecule has 0 unspecified atom stereocenters. The molecule has 2 rings (SSSR count). The Morgan fingerprint density at radius 2 is 2.31 bits per heavy atom. The molecule has 1 saturated heterocycles. The third-order valence-corrected chi connectivity index (χ3v) is 4.02. The van der Waals surface area contributed by atoms with Crippen molar-refractivity contribution in [1.82, 2.24) is 4.98 Å². The Bertz CT molecular complexity index is 398. The van der Waals surface area contributed by atoms with Gasteiger partial charge in [0.2, 0.25) is 0 Å². The van der Waals surface area contributed by atoms with E-state index >= 15 is 0 Å². The van der Waals surface area contributed by atoms with Gasteiger partial charge in [0.15, 0.2) is 11.6 Å². The highest BCUT2D eigenvalue weighted by Gasteiger charge is 2.28. The first-order chi connectivity index (χ1) is 7.48. The number of halogens is 2. The third-order valence-electron chi connectivity index (χ3n) is 2.51. The Kier molecular flexibility index (Phi) is 3.31. The van der Waals surface area contributed by atoms with Crippen molar-refractivity contribution >= 4 is 29.2 Å². The quantitative estimate of drug-likeness (QED) is 0.771. The molecule has 1 fully saturated rings. The molecule has 0 aromatic carbocycles. The van der Waals surface area contributed by atoms with Gasteiger partial charge in [0.1, 0.15) is 0 Å². The highest BCUT2D eigenvalue weighted by Crippen LogP contribution is 2.32. The van der Waals surface area contributed by atoms with E-state index in [1.165, 1.54) is 12.3 Å². The van der Waals surface area contributed by atoms with Crippen LogP contribution in [0.15, 0.2) is 12.3 Å². The van der Waals surface area contributed by atoms with E-state index in [0.29, 0.717) is 10.8 Å². The molecule has 88 valence electrons. The highest BCUT2D eigenvalue weighted by molar-refractivity contribution is 8.00. The standard InChI is InChI=1S/C11H14ClFN2S/c1-11(2)7-15(3-4-16-11)10-9(13)5-8(12)6-14-10/h5-6H,3-4,7H2,1-2H3. The van der Waals surface area contributed by atoms with Crippen molar-refractivity contribution in [3.63, 3.8) is 0 Å².